The molecule has 2 nitrogen and oxygen atoms in total. The quantitative estimate of drug-likeness (QED) is 0.161. The number of rotatable bonds is 7. The fourth-order valence-electron chi connectivity index (χ4n) is 9.22. The SMILES string of the molecule is c1ccc(-n2c3ccccc3c3ccc(-c4ccc(N(c5ccc(C6(c7ccccc7)CCCCC6)cc5)c5cccc6ccccc56)cc4)cc32)cc1. The molecule has 1 aromatic heterocycles. The number of nitrogens with zero attached hydrogens (tertiary/aromatic N) is 2. The van der Waals surface area contributed by atoms with E-state index in [-0.39, 0.29) is 5.41 Å². The van der Waals surface area contributed by atoms with E-state index >= 15 is 0 Å². The molecule has 1 heterocycles. The minimum Gasteiger partial charge on any atom is -0.310 e. The summed E-state index contributed by atoms with van der Waals surface area (Å²) >= 11 is 0. The van der Waals surface area contributed by atoms with E-state index in [2.05, 4.69) is 204 Å². The maximum absolute atomic E-state index is 2.43. The molecule has 0 amide bonds. The molecule has 10 rings (SSSR count). The Hall–Kier alpha value is -6.38. The molecule has 0 atom stereocenters. The summed E-state index contributed by atoms with van der Waals surface area (Å²) < 4.78 is 2.39. The molecule has 1 aliphatic carbocycles. The highest BCUT2D eigenvalue weighted by Crippen LogP contribution is 2.46. The van der Waals surface area contributed by atoms with Crippen molar-refractivity contribution >= 4 is 49.6 Å². The highest BCUT2D eigenvalue weighted by Gasteiger charge is 2.35. The van der Waals surface area contributed by atoms with E-state index in [1.807, 2.05) is 0 Å². The lowest BCUT2D eigenvalue weighted by Crippen LogP contribution is -2.30. The normalized spacial score (nSPS) is 14.1. The maximum Gasteiger partial charge on any atom is 0.0547 e. The lowest BCUT2D eigenvalue weighted by molar-refractivity contribution is 0.346. The Kier molecular flexibility index (Phi) is 8.10. The van der Waals surface area contributed by atoms with Crippen LogP contribution in [0.4, 0.5) is 17.1 Å². The van der Waals surface area contributed by atoms with Gasteiger partial charge in [-0.05, 0) is 95.1 Å². The van der Waals surface area contributed by atoms with Gasteiger partial charge in [-0.25, -0.2) is 0 Å². The topological polar surface area (TPSA) is 8.17 Å². The first-order chi connectivity index (χ1) is 26.8. The van der Waals surface area contributed by atoms with E-state index in [1.54, 1.807) is 0 Å². The van der Waals surface area contributed by atoms with Gasteiger partial charge >= 0.3 is 0 Å². The summed E-state index contributed by atoms with van der Waals surface area (Å²) in [4.78, 5) is 2.43. The van der Waals surface area contributed by atoms with Crippen LogP contribution in [0.3, 0.4) is 0 Å². The Morgan fingerprint density at radius 3 is 1.74 bits per heavy atom. The number of fused-ring (bicyclic) bond motifs is 4. The van der Waals surface area contributed by atoms with Crippen LogP contribution in [-0.4, -0.2) is 4.57 Å². The molecule has 0 N–H and O–H groups in total. The predicted octanol–water partition coefficient (Wildman–Crippen LogP) is 14.3. The predicted molar refractivity (Wildman–Crippen MR) is 229 cm³/mol. The molecular weight excluding hydrogens is 653 g/mol. The van der Waals surface area contributed by atoms with Crippen LogP contribution in [-0.2, 0) is 5.41 Å². The molecule has 260 valence electrons. The fraction of sp³-hybridized carbons (Fsp3) is 0.115. The fourth-order valence-corrected chi connectivity index (χ4v) is 9.22. The van der Waals surface area contributed by atoms with Gasteiger partial charge in [-0.15, -0.1) is 0 Å². The average molecular weight is 695 g/mol. The van der Waals surface area contributed by atoms with Crippen molar-refractivity contribution in [1.82, 2.24) is 4.57 Å². The second kappa shape index (κ2) is 13.5. The zero-order valence-corrected chi connectivity index (χ0v) is 30.4. The van der Waals surface area contributed by atoms with E-state index in [9.17, 15) is 0 Å². The Morgan fingerprint density at radius 1 is 0.407 bits per heavy atom. The van der Waals surface area contributed by atoms with Crippen molar-refractivity contribution in [2.45, 2.75) is 37.5 Å². The van der Waals surface area contributed by atoms with E-state index < -0.39 is 0 Å². The standard InChI is InChI=1S/C52H42N2/c1-4-17-41(18-5-1)52(35-12-3-13-36-52)42-28-32-45(33-29-42)53(49-24-14-16-39-15-8-9-21-46(39)49)44-30-25-38(26-31-44)40-27-34-48-47-22-10-11-23-50(47)54(51(48)37-40)43-19-6-2-7-20-43/h1-2,4-11,14-34,37H,3,12-13,35-36H2. The summed E-state index contributed by atoms with van der Waals surface area (Å²) in [6.07, 6.45) is 6.26. The maximum atomic E-state index is 2.43. The highest BCUT2D eigenvalue weighted by molar-refractivity contribution is 6.10. The highest BCUT2D eigenvalue weighted by atomic mass is 15.1. The minimum absolute atomic E-state index is 0.0667. The third-order valence-corrected chi connectivity index (χ3v) is 11.9. The van der Waals surface area contributed by atoms with Crippen LogP contribution < -0.4 is 4.90 Å². The van der Waals surface area contributed by atoms with E-state index in [0.29, 0.717) is 0 Å². The van der Waals surface area contributed by atoms with Gasteiger partial charge in [0.1, 0.15) is 0 Å². The Balaban J connectivity index is 1.07. The molecule has 0 radical (unpaired) electrons. The summed E-state index contributed by atoms with van der Waals surface area (Å²) in [5.74, 6) is 0. The molecule has 9 aromatic rings. The Morgan fingerprint density at radius 2 is 0.981 bits per heavy atom. The largest absolute Gasteiger partial charge is 0.310 e. The molecule has 1 fully saturated rings. The smallest absolute Gasteiger partial charge is 0.0547 e. The first-order valence-corrected chi connectivity index (χ1v) is 19.4. The second-order valence-electron chi connectivity index (χ2n) is 14.9. The molecule has 1 saturated carbocycles. The van der Waals surface area contributed by atoms with Gasteiger partial charge in [-0.3, -0.25) is 0 Å². The van der Waals surface area contributed by atoms with Crippen molar-refractivity contribution in [3.63, 3.8) is 0 Å². The third kappa shape index (κ3) is 5.49. The number of anilines is 3. The van der Waals surface area contributed by atoms with Crippen LogP contribution in [0.1, 0.15) is 43.2 Å². The molecule has 0 spiro atoms. The average Bonchev–Trinajstić information content (AvgIpc) is 3.59. The van der Waals surface area contributed by atoms with Crippen LogP contribution in [0.5, 0.6) is 0 Å². The van der Waals surface area contributed by atoms with Gasteiger partial charge in [0.25, 0.3) is 0 Å². The summed E-state index contributed by atoms with van der Waals surface area (Å²) in [7, 11) is 0. The van der Waals surface area contributed by atoms with Gasteiger partial charge < -0.3 is 9.47 Å². The molecule has 0 saturated heterocycles. The van der Waals surface area contributed by atoms with Gasteiger partial charge in [-0.2, -0.15) is 0 Å². The van der Waals surface area contributed by atoms with Gasteiger partial charge in [0, 0.05) is 38.6 Å². The summed E-state index contributed by atoms with van der Waals surface area (Å²) in [5.41, 5.74) is 12.4. The molecule has 0 bridgehead atoms. The van der Waals surface area contributed by atoms with Gasteiger partial charge in [0.15, 0.2) is 0 Å². The molecule has 54 heavy (non-hydrogen) atoms. The number of aromatic nitrogens is 1. The molecule has 0 aliphatic heterocycles. The summed E-state index contributed by atoms with van der Waals surface area (Å²) in [6, 6.07) is 71.6. The van der Waals surface area contributed by atoms with Crippen LogP contribution in [0.2, 0.25) is 0 Å². The molecule has 1 aliphatic rings. The zero-order valence-electron chi connectivity index (χ0n) is 30.4. The Labute approximate surface area is 317 Å². The first kappa shape index (κ1) is 32.3. The summed E-state index contributed by atoms with van der Waals surface area (Å²) in [6.45, 7) is 0. The van der Waals surface area contributed by atoms with E-state index in [4.69, 9.17) is 0 Å². The lowest BCUT2D eigenvalue weighted by atomic mass is 9.65. The minimum atomic E-state index is 0.0667. The number of benzene rings is 8. The third-order valence-electron chi connectivity index (χ3n) is 11.9. The van der Waals surface area contributed by atoms with Crippen LogP contribution in [0.25, 0.3) is 49.4 Å². The van der Waals surface area contributed by atoms with Crippen molar-refractivity contribution in [3.8, 4) is 16.8 Å². The monoisotopic (exact) mass is 694 g/mol. The van der Waals surface area contributed by atoms with Crippen LogP contribution in [0.15, 0.2) is 194 Å². The number of hydrogen-bond donors (Lipinski definition) is 0. The van der Waals surface area contributed by atoms with Crippen LogP contribution >= 0.6 is 0 Å². The number of hydrogen-bond acceptors (Lipinski definition) is 1. The Bertz CT molecular complexity index is 2710. The van der Waals surface area contributed by atoms with Gasteiger partial charge in [-0.1, -0.05) is 159 Å². The van der Waals surface area contributed by atoms with Gasteiger partial charge in [0.2, 0.25) is 0 Å². The van der Waals surface area contributed by atoms with Crippen molar-refractivity contribution in [2.75, 3.05) is 4.90 Å². The lowest BCUT2D eigenvalue weighted by Gasteiger charge is -2.39. The van der Waals surface area contributed by atoms with Crippen molar-refractivity contribution in [2.24, 2.45) is 0 Å². The van der Waals surface area contributed by atoms with Crippen molar-refractivity contribution in [1.29, 1.82) is 0 Å². The second-order valence-corrected chi connectivity index (χ2v) is 14.9. The molecular formula is C52H42N2. The zero-order chi connectivity index (χ0) is 35.9. The molecule has 2 heteroatoms. The number of para-hydroxylation sites is 2. The van der Waals surface area contributed by atoms with E-state index in [0.717, 1.165) is 11.4 Å². The summed E-state index contributed by atoms with van der Waals surface area (Å²) in [5, 5.41) is 5.01. The molecule has 0 unspecified atom stereocenters. The molecule has 8 aromatic carbocycles. The van der Waals surface area contributed by atoms with Crippen molar-refractivity contribution < 1.29 is 0 Å². The van der Waals surface area contributed by atoms with Crippen LogP contribution in [0, 0.1) is 0 Å². The van der Waals surface area contributed by atoms with E-state index in [1.165, 1.54) is 98.3 Å². The van der Waals surface area contributed by atoms with Gasteiger partial charge in [0.05, 0.1) is 16.7 Å². The first-order valence-electron chi connectivity index (χ1n) is 19.4. The van der Waals surface area contributed by atoms with Crippen molar-refractivity contribution in [3.05, 3.63) is 205 Å².